The Morgan fingerprint density at radius 3 is 2.79 bits per heavy atom. The van der Waals surface area contributed by atoms with Gasteiger partial charge in [0.1, 0.15) is 0 Å². The number of amides is 1. The molecule has 0 bridgehead atoms. The molecule has 19 heavy (non-hydrogen) atoms. The Kier molecular flexibility index (Phi) is 4.89. The molecule has 0 aliphatic carbocycles. The molecular weight excluding hydrogens is 248 g/mol. The lowest BCUT2D eigenvalue weighted by Gasteiger charge is -2.12. The maximum atomic E-state index is 12.0. The van der Waals surface area contributed by atoms with Crippen molar-refractivity contribution in [2.75, 3.05) is 7.11 Å². The molecule has 0 saturated carbocycles. The minimum atomic E-state index is -0.603. The van der Waals surface area contributed by atoms with Gasteiger partial charge in [0.25, 0.3) is 5.91 Å². The van der Waals surface area contributed by atoms with Crippen molar-refractivity contribution < 1.29 is 14.5 Å². The SMILES string of the molecule is C#CC(CC)NC(=O)c1cccc([N+](=O)[O-])c1OC. The quantitative estimate of drug-likeness (QED) is 0.498. The zero-order valence-corrected chi connectivity index (χ0v) is 10.7. The van der Waals surface area contributed by atoms with E-state index < -0.39 is 16.9 Å². The van der Waals surface area contributed by atoms with E-state index in [0.29, 0.717) is 6.42 Å². The molecule has 1 rings (SSSR count). The standard InChI is InChI=1S/C13H14N2O4/c1-4-9(5-2)14-13(16)10-7-6-8-11(15(17)18)12(10)19-3/h1,6-9H,5H2,2-3H3,(H,14,16). The Bertz CT molecular complexity index is 534. The summed E-state index contributed by atoms with van der Waals surface area (Å²) in [5.41, 5.74) is -0.172. The summed E-state index contributed by atoms with van der Waals surface area (Å²) in [6.45, 7) is 1.83. The Balaban J connectivity index is 3.14. The fourth-order valence-electron chi connectivity index (χ4n) is 1.56. The molecule has 0 aromatic heterocycles. The third-order valence-corrected chi connectivity index (χ3v) is 2.55. The molecule has 6 heteroatoms. The average molecular weight is 262 g/mol. The lowest BCUT2D eigenvalue weighted by Crippen LogP contribution is -2.33. The number of rotatable bonds is 5. The predicted octanol–water partition coefficient (Wildman–Crippen LogP) is 1.74. The Hall–Kier alpha value is -2.55. The van der Waals surface area contributed by atoms with E-state index in [0.717, 1.165) is 0 Å². The number of hydrogen-bond acceptors (Lipinski definition) is 4. The number of carbonyl (C=O) groups excluding carboxylic acids is 1. The van der Waals surface area contributed by atoms with Crippen molar-refractivity contribution in [2.24, 2.45) is 0 Å². The van der Waals surface area contributed by atoms with Crippen molar-refractivity contribution in [1.29, 1.82) is 0 Å². The summed E-state index contributed by atoms with van der Waals surface area (Å²) in [5.74, 6) is 1.85. The Morgan fingerprint density at radius 1 is 1.63 bits per heavy atom. The second-order valence-corrected chi connectivity index (χ2v) is 3.72. The molecule has 1 aromatic carbocycles. The molecule has 0 fully saturated rings. The summed E-state index contributed by atoms with van der Waals surface area (Å²) < 4.78 is 4.95. The molecule has 6 nitrogen and oxygen atoms in total. The first-order valence-corrected chi connectivity index (χ1v) is 5.63. The number of nitrogens with one attached hydrogen (secondary N) is 1. The molecular formula is C13H14N2O4. The van der Waals surface area contributed by atoms with Crippen molar-refractivity contribution in [3.05, 3.63) is 33.9 Å². The molecule has 0 spiro atoms. The van der Waals surface area contributed by atoms with E-state index in [1.165, 1.54) is 25.3 Å². The third kappa shape index (κ3) is 3.22. The summed E-state index contributed by atoms with van der Waals surface area (Å²) in [6.07, 6.45) is 5.82. The van der Waals surface area contributed by atoms with Crippen molar-refractivity contribution in [3.8, 4) is 18.1 Å². The molecule has 1 N–H and O–H groups in total. The highest BCUT2D eigenvalue weighted by Crippen LogP contribution is 2.30. The van der Waals surface area contributed by atoms with Crippen LogP contribution in [0.4, 0.5) is 5.69 Å². The summed E-state index contributed by atoms with van der Waals surface area (Å²) in [5, 5.41) is 13.4. The van der Waals surface area contributed by atoms with Crippen LogP contribution in [0.5, 0.6) is 5.75 Å². The molecule has 1 amide bonds. The number of methoxy groups -OCH3 is 1. The lowest BCUT2D eigenvalue weighted by molar-refractivity contribution is -0.385. The highest BCUT2D eigenvalue weighted by atomic mass is 16.6. The smallest absolute Gasteiger partial charge is 0.311 e. The number of hydrogen-bond donors (Lipinski definition) is 1. The van der Waals surface area contributed by atoms with Gasteiger partial charge in [-0.3, -0.25) is 14.9 Å². The molecule has 0 heterocycles. The molecule has 0 aliphatic rings. The zero-order valence-electron chi connectivity index (χ0n) is 10.7. The molecule has 1 aromatic rings. The highest BCUT2D eigenvalue weighted by molar-refractivity contribution is 5.98. The molecule has 0 aliphatic heterocycles. The van der Waals surface area contributed by atoms with Crippen molar-refractivity contribution in [2.45, 2.75) is 19.4 Å². The molecule has 100 valence electrons. The van der Waals surface area contributed by atoms with E-state index in [9.17, 15) is 14.9 Å². The van der Waals surface area contributed by atoms with E-state index in [4.69, 9.17) is 11.2 Å². The number of nitro benzene ring substituents is 1. The summed E-state index contributed by atoms with van der Waals surface area (Å²) in [7, 11) is 1.28. The number of nitro groups is 1. The summed E-state index contributed by atoms with van der Waals surface area (Å²) in [6, 6.07) is 3.72. The highest BCUT2D eigenvalue weighted by Gasteiger charge is 2.23. The van der Waals surface area contributed by atoms with Gasteiger partial charge in [0.2, 0.25) is 5.75 Å². The third-order valence-electron chi connectivity index (χ3n) is 2.55. The van der Waals surface area contributed by atoms with Gasteiger partial charge in [-0.2, -0.15) is 0 Å². The summed E-state index contributed by atoms with van der Waals surface area (Å²) in [4.78, 5) is 22.3. The van der Waals surface area contributed by atoms with Crippen molar-refractivity contribution >= 4 is 11.6 Å². The van der Waals surface area contributed by atoms with Crippen LogP contribution in [0.15, 0.2) is 18.2 Å². The Morgan fingerprint density at radius 2 is 2.32 bits per heavy atom. The van der Waals surface area contributed by atoms with Crippen LogP contribution in [0.1, 0.15) is 23.7 Å². The first-order valence-electron chi connectivity index (χ1n) is 5.63. The van der Waals surface area contributed by atoms with Gasteiger partial charge in [-0.15, -0.1) is 6.42 Å². The Labute approximate surface area is 110 Å². The zero-order chi connectivity index (χ0) is 14.4. The van der Waals surface area contributed by atoms with Crippen LogP contribution in [-0.2, 0) is 0 Å². The number of nitrogens with zero attached hydrogens (tertiary/aromatic N) is 1. The lowest BCUT2D eigenvalue weighted by atomic mass is 10.1. The number of benzene rings is 1. The number of ether oxygens (including phenoxy) is 1. The number of terminal acetylenes is 1. The second kappa shape index (κ2) is 6.40. The van der Waals surface area contributed by atoms with Gasteiger partial charge in [0.15, 0.2) is 0 Å². The maximum Gasteiger partial charge on any atom is 0.311 e. The van der Waals surface area contributed by atoms with E-state index >= 15 is 0 Å². The van der Waals surface area contributed by atoms with Gasteiger partial charge in [-0.1, -0.05) is 18.9 Å². The summed E-state index contributed by atoms with van der Waals surface area (Å²) >= 11 is 0. The van der Waals surface area contributed by atoms with Gasteiger partial charge in [-0.05, 0) is 12.5 Å². The van der Waals surface area contributed by atoms with Crippen LogP contribution in [0.3, 0.4) is 0 Å². The average Bonchev–Trinajstić information content (AvgIpc) is 2.43. The monoisotopic (exact) mass is 262 g/mol. The van der Waals surface area contributed by atoms with Crippen LogP contribution in [-0.4, -0.2) is 24.0 Å². The molecule has 1 unspecified atom stereocenters. The fraction of sp³-hybridized carbons (Fsp3) is 0.308. The second-order valence-electron chi connectivity index (χ2n) is 3.72. The normalized spacial score (nSPS) is 11.2. The predicted molar refractivity (Wildman–Crippen MR) is 70.0 cm³/mol. The molecule has 0 radical (unpaired) electrons. The van der Waals surface area contributed by atoms with Crippen LogP contribution in [0, 0.1) is 22.5 Å². The van der Waals surface area contributed by atoms with E-state index in [-0.39, 0.29) is 17.0 Å². The topological polar surface area (TPSA) is 81.5 Å². The number of carbonyl (C=O) groups is 1. The van der Waals surface area contributed by atoms with Crippen LogP contribution in [0.25, 0.3) is 0 Å². The minimum Gasteiger partial charge on any atom is -0.490 e. The van der Waals surface area contributed by atoms with Gasteiger partial charge in [0.05, 0.1) is 23.6 Å². The van der Waals surface area contributed by atoms with E-state index in [2.05, 4.69) is 11.2 Å². The van der Waals surface area contributed by atoms with Gasteiger partial charge in [0, 0.05) is 6.07 Å². The molecule has 0 saturated heterocycles. The largest absolute Gasteiger partial charge is 0.490 e. The van der Waals surface area contributed by atoms with Gasteiger partial charge >= 0.3 is 5.69 Å². The maximum absolute atomic E-state index is 12.0. The van der Waals surface area contributed by atoms with Crippen LogP contribution < -0.4 is 10.1 Å². The molecule has 1 atom stereocenters. The van der Waals surface area contributed by atoms with E-state index in [1.807, 2.05) is 6.92 Å². The first kappa shape index (κ1) is 14.5. The fourth-order valence-corrected chi connectivity index (χ4v) is 1.56. The van der Waals surface area contributed by atoms with Crippen molar-refractivity contribution in [1.82, 2.24) is 5.32 Å². The van der Waals surface area contributed by atoms with Gasteiger partial charge in [-0.25, -0.2) is 0 Å². The first-order chi connectivity index (χ1) is 9.04. The minimum absolute atomic E-state index is 0.0723. The number of para-hydroxylation sites is 1. The van der Waals surface area contributed by atoms with Crippen LogP contribution in [0.2, 0.25) is 0 Å². The van der Waals surface area contributed by atoms with Crippen molar-refractivity contribution in [3.63, 3.8) is 0 Å². The van der Waals surface area contributed by atoms with Gasteiger partial charge < -0.3 is 10.1 Å². The van der Waals surface area contributed by atoms with Crippen LogP contribution >= 0.6 is 0 Å². The van der Waals surface area contributed by atoms with E-state index in [1.54, 1.807) is 0 Å².